The van der Waals surface area contributed by atoms with Gasteiger partial charge in [0.25, 0.3) is 5.91 Å². The molecule has 0 radical (unpaired) electrons. The zero-order chi connectivity index (χ0) is 14.5. The van der Waals surface area contributed by atoms with E-state index in [1.54, 1.807) is 11.0 Å². The molecule has 0 atom stereocenters. The molecule has 1 heterocycles. The van der Waals surface area contributed by atoms with Crippen LogP contribution >= 0.6 is 0 Å². The van der Waals surface area contributed by atoms with E-state index in [9.17, 15) is 9.59 Å². The van der Waals surface area contributed by atoms with E-state index in [1.807, 2.05) is 32.0 Å². The molecule has 1 fully saturated rings. The van der Waals surface area contributed by atoms with Crippen molar-refractivity contribution >= 4 is 11.7 Å². The molecule has 0 aliphatic carbocycles. The van der Waals surface area contributed by atoms with Gasteiger partial charge in [0, 0.05) is 31.0 Å². The summed E-state index contributed by atoms with van der Waals surface area (Å²) < 4.78 is 5.26. The smallest absolute Gasteiger partial charge is 0.254 e. The molecule has 1 aromatic rings. The summed E-state index contributed by atoms with van der Waals surface area (Å²) in [6.45, 7) is 6.16. The SMILES string of the molecule is C.CC(C)C(=O)Cc1ccccc1C(=O)N1CCOCC1. The van der Waals surface area contributed by atoms with Crippen molar-refractivity contribution in [3.05, 3.63) is 35.4 Å². The summed E-state index contributed by atoms with van der Waals surface area (Å²) in [5, 5.41) is 0. The van der Waals surface area contributed by atoms with Crippen molar-refractivity contribution in [2.45, 2.75) is 27.7 Å². The van der Waals surface area contributed by atoms with Gasteiger partial charge >= 0.3 is 0 Å². The summed E-state index contributed by atoms with van der Waals surface area (Å²) in [6, 6.07) is 7.39. The van der Waals surface area contributed by atoms with Crippen LogP contribution in [0.3, 0.4) is 0 Å². The average molecular weight is 291 g/mol. The van der Waals surface area contributed by atoms with E-state index in [0.29, 0.717) is 38.3 Å². The molecule has 1 aliphatic rings. The molecule has 1 amide bonds. The minimum Gasteiger partial charge on any atom is -0.378 e. The number of hydrogen-bond donors (Lipinski definition) is 0. The number of amides is 1. The first-order valence-corrected chi connectivity index (χ1v) is 7.07. The van der Waals surface area contributed by atoms with Gasteiger partial charge in [-0.15, -0.1) is 0 Å². The lowest BCUT2D eigenvalue weighted by atomic mass is 9.96. The molecular weight excluding hydrogens is 266 g/mol. The third kappa shape index (κ3) is 4.39. The standard InChI is InChI=1S/C16H21NO3.CH4/c1-12(2)15(18)11-13-5-3-4-6-14(13)16(19)17-7-9-20-10-8-17;/h3-6,12H,7-11H2,1-2H3;1H4. The Morgan fingerprint density at radius 3 is 2.43 bits per heavy atom. The summed E-state index contributed by atoms with van der Waals surface area (Å²) in [4.78, 5) is 26.2. The number of carbonyl (C=O) groups is 2. The summed E-state index contributed by atoms with van der Waals surface area (Å²) in [5.74, 6) is 0.147. The lowest BCUT2D eigenvalue weighted by molar-refractivity contribution is -0.121. The van der Waals surface area contributed by atoms with Crippen LogP contribution in [-0.2, 0) is 16.0 Å². The lowest BCUT2D eigenvalue weighted by Gasteiger charge is -2.27. The number of hydrogen-bond acceptors (Lipinski definition) is 3. The second-order valence-corrected chi connectivity index (χ2v) is 5.36. The maximum absolute atomic E-state index is 12.5. The fourth-order valence-electron chi connectivity index (χ4n) is 2.21. The van der Waals surface area contributed by atoms with E-state index >= 15 is 0 Å². The fraction of sp³-hybridized carbons (Fsp3) is 0.529. The van der Waals surface area contributed by atoms with Crippen molar-refractivity contribution in [3.63, 3.8) is 0 Å². The van der Waals surface area contributed by atoms with Gasteiger partial charge in [0.15, 0.2) is 0 Å². The van der Waals surface area contributed by atoms with Gasteiger partial charge in [-0.25, -0.2) is 0 Å². The highest BCUT2D eigenvalue weighted by atomic mass is 16.5. The molecule has 2 rings (SSSR count). The normalized spacial score (nSPS) is 14.7. The van der Waals surface area contributed by atoms with Crippen molar-refractivity contribution in [2.75, 3.05) is 26.3 Å². The second kappa shape index (κ2) is 7.93. The van der Waals surface area contributed by atoms with Gasteiger partial charge in [0.2, 0.25) is 0 Å². The molecule has 0 unspecified atom stereocenters. The summed E-state index contributed by atoms with van der Waals surface area (Å²) >= 11 is 0. The van der Waals surface area contributed by atoms with Crippen molar-refractivity contribution < 1.29 is 14.3 Å². The van der Waals surface area contributed by atoms with E-state index in [1.165, 1.54) is 0 Å². The number of morpholine rings is 1. The Balaban J connectivity index is 0.00000220. The molecule has 0 N–H and O–H groups in total. The number of benzene rings is 1. The van der Waals surface area contributed by atoms with Crippen LogP contribution in [0.4, 0.5) is 0 Å². The second-order valence-electron chi connectivity index (χ2n) is 5.36. The highest BCUT2D eigenvalue weighted by Crippen LogP contribution is 2.15. The molecule has 0 saturated carbocycles. The molecule has 116 valence electrons. The Labute approximate surface area is 127 Å². The Morgan fingerprint density at radius 2 is 1.81 bits per heavy atom. The van der Waals surface area contributed by atoms with Crippen LogP contribution in [0.25, 0.3) is 0 Å². The first-order chi connectivity index (χ1) is 9.59. The molecule has 0 spiro atoms. The Morgan fingerprint density at radius 1 is 1.19 bits per heavy atom. The van der Waals surface area contributed by atoms with Gasteiger partial charge in [-0.2, -0.15) is 0 Å². The molecule has 0 bridgehead atoms. The maximum atomic E-state index is 12.5. The van der Waals surface area contributed by atoms with Gasteiger partial charge in [-0.3, -0.25) is 9.59 Å². The zero-order valence-corrected chi connectivity index (χ0v) is 12.1. The van der Waals surface area contributed by atoms with Gasteiger partial charge < -0.3 is 9.64 Å². The van der Waals surface area contributed by atoms with Gasteiger partial charge in [0.05, 0.1) is 13.2 Å². The van der Waals surface area contributed by atoms with Crippen molar-refractivity contribution in [1.82, 2.24) is 4.90 Å². The summed E-state index contributed by atoms with van der Waals surface area (Å²) in [7, 11) is 0. The fourth-order valence-corrected chi connectivity index (χ4v) is 2.21. The van der Waals surface area contributed by atoms with Crippen molar-refractivity contribution in [2.24, 2.45) is 5.92 Å². The van der Waals surface area contributed by atoms with E-state index in [4.69, 9.17) is 4.74 Å². The molecule has 21 heavy (non-hydrogen) atoms. The molecule has 4 heteroatoms. The zero-order valence-electron chi connectivity index (χ0n) is 12.1. The van der Waals surface area contributed by atoms with E-state index in [2.05, 4.69) is 0 Å². The predicted octanol–water partition coefficient (Wildman–Crippen LogP) is 2.56. The molecule has 1 aromatic carbocycles. The first-order valence-electron chi connectivity index (χ1n) is 7.07. The lowest BCUT2D eigenvalue weighted by Crippen LogP contribution is -2.41. The molecule has 4 nitrogen and oxygen atoms in total. The van der Waals surface area contributed by atoms with Crippen molar-refractivity contribution in [1.29, 1.82) is 0 Å². The van der Waals surface area contributed by atoms with Crippen LogP contribution in [0.5, 0.6) is 0 Å². The first kappa shape index (κ1) is 17.4. The molecule has 1 saturated heterocycles. The number of ketones is 1. The number of ether oxygens (including phenoxy) is 1. The maximum Gasteiger partial charge on any atom is 0.254 e. The number of carbonyl (C=O) groups excluding carboxylic acids is 2. The third-order valence-electron chi connectivity index (χ3n) is 3.55. The Bertz CT molecular complexity index is 491. The largest absolute Gasteiger partial charge is 0.378 e. The monoisotopic (exact) mass is 291 g/mol. The average Bonchev–Trinajstić information content (AvgIpc) is 2.48. The summed E-state index contributed by atoms with van der Waals surface area (Å²) in [6.07, 6.45) is 0.323. The molecule has 1 aliphatic heterocycles. The Hall–Kier alpha value is -1.68. The number of rotatable bonds is 4. The van der Waals surface area contributed by atoms with Gasteiger partial charge in [-0.1, -0.05) is 39.5 Å². The third-order valence-corrected chi connectivity index (χ3v) is 3.55. The molecule has 0 aromatic heterocycles. The molecular formula is C17H25NO3. The van der Waals surface area contributed by atoms with E-state index in [0.717, 1.165) is 5.56 Å². The minimum absolute atomic E-state index is 0. The quantitative estimate of drug-likeness (QED) is 0.856. The Kier molecular flexibility index (Phi) is 6.56. The van der Waals surface area contributed by atoms with Crippen LogP contribution in [0.1, 0.15) is 37.2 Å². The minimum atomic E-state index is -0.0125. The van der Waals surface area contributed by atoms with Crippen LogP contribution in [0, 0.1) is 5.92 Å². The van der Waals surface area contributed by atoms with Gasteiger partial charge in [-0.05, 0) is 11.6 Å². The van der Waals surface area contributed by atoms with Crippen LogP contribution < -0.4 is 0 Å². The number of nitrogens with zero attached hydrogens (tertiary/aromatic N) is 1. The van der Waals surface area contributed by atoms with Crippen LogP contribution in [-0.4, -0.2) is 42.9 Å². The van der Waals surface area contributed by atoms with E-state index in [-0.39, 0.29) is 25.0 Å². The van der Waals surface area contributed by atoms with Crippen molar-refractivity contribution in [3.8, 4) is 0 Å². The topological polar surface area (TPSA) is 46.6 Å². The van der Waals surface area contributed by atoms with Crippen LogP contribution in [0.2, 0.25) is 0 Å². The number of Topliss-reactive ketones (excluding diaryl/α,β-unsaturated/α-hetero) is 1. The highest BCUT2D eigenvalue weighted by Gasteiger charge is 2.21. The van der Waals surface area contributed by atoms with E-state index < -0.39 is 0 Å². The van der Waals surface area contributed by atoms with Gasteiger partial charge in [0.1, 0.15) is 5.78 Å². The summed E-state index contributed by atoms with van der Waals surface area (Å²) in [5.41, 5.74) is 1.46. The van der Waals surface area contributed by atoms with Crippen LogP contribution in [0.15, 0.2) is 24.3 Å². The highest BCUT2D eigenvalue weighted by molar-refractivity contribution is 5.97. The predicted molar refractivity (Wildman–Crippen MR) is 83.4 cm³/mol.